The molecule has 0 saturated heterocycles. The van der Waals surface area contributed by atoms with Crippen LogP contribution in [0.15, 0.2) is 0 Å². The van der Waals surface area contributed by atoms with Gasteiger partial charge >= 0.3 is 0 Å². The molecule has 0 radical (unpaired) electrons. The third kappa shape index (κ3) is 5.36. The van der Waals surface area contributed by atoms with Crippen LogP contribution in [0.4, 0.5) is 0 Å². The summed E-state index contributed by atoms with van der Waals surface area (Å²) in [5, 5.41) is 12.7. The second kappa shape index (κ2) is 8.90. The molecule has 3 nitrogen and oxygen atoms in total. The summed E-state index contributed by atoms with van der Waals surface area (Å²) in [6, 6.07) is 0.701. The lowest BCUT2D eigenvalue weighted by Crippen LogP contribution is -2.45. The molecule has 17 heavy (non-hydrogen) atoms. The minimum absolute atomic E-state index is 0.290. The van der Waals surface area contributed by atoms with Crippen molar-refractivity contribution in [3.63, 3.8) is 0 Å². The summed E-state index contributed by atoms with van der Waals surface area (Å²) in [5.41, 5.74) is 0. The van der Waals surface area contributed by atoms with Gasteiger partial charge in [-0.15, -0.1) is 0 Å². The molecule has 0 spiro atoms. The van der Waals surface area contributed by atoms with Crippen LogP contribution >= 0.6 is 0 Å². The number of aliphatic hydroxyl groups excluding tert-OH is 1. The fraction of sp³-hybridized carbons (Fsp3) is 1.00. The van der Waals surface area contributed by atoms with Gasteiger partial charge in [0.2, 0.25) is 0 Å². The molecule has 2 unspecified atom stereocenters. The van der Waals surface area contributed by atoms with Gasteiger partial charge < -0.3 is 15.3 Å². The first-order valence-electron chi connectivity index (χ1n) is 7.38. The maximum absolute atomic E-state index is 9.10. The van der Waals surface area contributed by atoms with Crippen molar-refractivity contribution < 1.29 is 5.11 Å². The Morgan fingerprint density at radius 1 is 1.18 bits per heavy atom. The van der Waals surface area contributed by atoms with Crippen molar-refractivity contribution in [2.75, 3.05) is 32.8 Å². The van der Waals surface area contributed by atoms with Gasteiger partial charge in [-0.1, -0.05) is 26.7 Å². The van der Waals surface area contributed by atoms with Crippen LogP contribution in [0.1, 0.15) is 46.0 Å². The molecule has 2 atom stereocenters. The summed E-state index contributed by atoms with van der Waals surface area (Å²) < 4.78 is 0. The van der Waals surface area contributed by atoms with Gasteiger partial charge in [0.15, 0.2) is 0 Å². The Hall–Kier alpha value is -0.120. The molecule has 1 saturated carbocycles. The van der Waals surface area contributed by atoms with E-state index in [9.17, 15) is 0 Å². The van der Waals surface area contributed by atoms with Crippen LogP contribution in [-0.4, -0.2) is 48.8 Å². The number of rotatable bonds is 8. The Bertz CT molecular complexity index is 179. The summed E-state index contributed by atoms with van der Waals surface area (Å²) in [7, 11) is 0. The molecule has 0 aromatic rings. The molecule has 0 aromatic heterocycles. The Morgan fingerprint density at radius 2 is 1.94 bits per heavy atom. The molecule has 1 rings (SSSR count). The highest BCUT2D eigenvalue weighted by Gasteiger charge is 2.25. The highest BCUT2D eigenvalue weighted by Crippen LogP contribution is 2.25. The summed E-state index contributed by atoms with van der Waals surface area (Å²) in [6.07, 6.45) is 6.62. The monoisotopic (exact) mass is 242 g/mol. The van der Waals surface area contributed by atoms with Crippen molar-refractivity contribution in [3.05, 3.63) is 0 Å². The fourth-order valence-electron chi connectivity index (χ4n) is 3.04. The first kappa shape index (κ1) is 14.9. The average Bonchev–Trinajstić information content (AvgIpc) is 2.33. The van der Waals surface area contributed by atoms with E-state index in [-0.39, 0.29) is 0 Å². The Labute approximate surface area is 107 Å². The predicted molar refractivity (Wildman–Crippen MR) is 73.2 cm³/mol. The molecule has 0 heterocycles. The lowest BCUT2D eigenvalue weighted by atomic mass is 9.84. The van der Waals surface area contributed by atoms with Gasteiger partial charge in [-0.2, -0.15) is 0 Å². The first-order valence-corrected chi connectivity index (χ1v) is 7.38. The van der Waals surface area contributed by atoms with Crippen LogP contribution in [-0.2, 0) is 0 Å². The van der Waals surface area contributed by atoms with Crippen LogP contribution < -0.4 is 5.32 Å². The Balaban J connectivity index is 2.43. The smallest absolute Gasteiger partial charge is 0.0558 e. The van der Waals surface area contributed by atoms with Gasteiger partial charge in [-0.3, -0.25) is 0 Å². The van der Waals surface area contributed by atoms with Gasteiger partial charge in [0.1, 0.15) is 0 Å². The zero-order valence-electron chi connectivity index (χ0n) is 11.6. The lowest BCUT2D eigenvalue weighted by Gasteiger charge is -2.35. The van der Waals surface area contributed by atoms with Crippen LogP contribution in [0.3, 0.4) is 0 Å². The minimum Gasteiger partial charge on any atom is -0.395 e. The molecule has 0 aliphatic heterocycles. The number of hydrogen-bond donors (Lipinski definition) is 2. The molecule has 3 heteroatoms. The van der Waals surface area contributed by atoms with Crippen LogP contribution in [0.2, 0.25) is 0 Å². The standard InChI is InChI=1S/C14H30N2O/c1-3-9-16(10-11-17)12-13-7-5-6-8-14(13)15-4-2/h13-15,17H,3-12H2,1-2H3. The predicted octanol–water partition coefficient (Wildman–Crippen LogP) is 1.86. The van der Waals surface area contributed by atoms with E-state index in [2.05, 4.69) is 24.1 Å². The normalized spacial score (nSPS) is 25.4. The molecule has 1 aliphatic carbocycles. The third-order valence-electron chi connectivity index (χ3n) is 3.82. The van der Waals surface area contributed by atoms with E-state index >= 15 is 0 Å². The summed E-state index contributed by atoms with van der Waals surface area (Å²) >= 11 is 0. The van der Waals surface area contributed by atoms with E-state index in [0.29, 0.717) is 12.6 Å². The second-order valence-electron chi connectivity index (χ2n) is 5.23. The SMILES string of the molecule is CCCN(CCO)CC1CCCCC1NCC. The summed E-state index contributed by atoms with van der Waals surface area (Å²) in [4.78, 5) is 2.43. The highest BCUT2D eigenvalue weighted by molar-refractivity contribution is 4.82. The van der Waals surface area contributed by atoms with E-state index in [1.54, 1.807) is 0 Å². The van der Waals surface area contributed by atoms with E-state index in [1.165, 1.54) is 32.1 Å². The van der Waals surface area contributed by atoms with E-state index in [1.807, 2.05) is 0 Å². The zero-order chi connectivity index (χ0) is 12.5. The number of nitrogens with one attached hydrogen (secondary N) is 1. The van der Waals surface area contributed by atoms with Gasteiger partial charge in [-0.25, -0.2) is 0 Å². The molecular formula is C14H30N2O. The van der Waals surface area contributed by atoms with Crippen molar-refractivity contribution in [1.29, 1.82) is 0 Å². The van der Waals surface area contributed by atoms with Gasteiger partial charge in [0, 0.05) is 19.1 Å². The summed E-state index contributed by atoms with van der Waals surface area (Å²) in [6.45, 7) is 8.90. The first-order chi connectivity index (χ1) is 8.31. The van der Waals surface area contributed by atoms with Gasteiger partial charge in [0.05, 0.1) is 6.61 Å². The molecular weight excluding hydrogens is 212 g/mol. The van der Waals surface area contributed by atoms with E-state index < -0.39 is 0 Å². The summed E-state index contributed by atoms with van der Waals surface area (Å²) in [5.74, 6) is 0.779. The largest absolute Gasteiger partial charge is 0.395 e. The zero-order valence-corrected chi connectivity index (χ0v) is 11.6. The fourth-order valence-corrected chi connectivity index (χ4v) is 3.04. The van der Waals surface area contributed by atoms with Crippen LogP contribution in [0.5, 0.6) is 0 Å². The van der Waals surface area contributed by atoms with Crippen molar-refractivity contribution in [2.45, 2.75) is 52.0 Å². The third-order valence-corrected chi connectivity index (χ3v) is 3.82. The maximum atomic E-state index is 9.10. The van der Waals surface area contributed by atoms with E-state index in [0.717, 1.165) is 32.1 Å². The molecule has 102 valence electrons. The molecule has 0 aromatic carbocycles. The minimum atomic E-state index is 0.290. The molecule has 0 bridgehead atoms. The Kier molecular flexibility index (Phi) is 7.82. The topological polar surface area (TPSA) is 35.5 Å². The van der Waals surface area contributed by atoms with Gasteiger partial charge in [-0.05, 0) is 38.3 Å². The van der Waals surface area contributed by atoms with E-state index in [4.69, 9.17) is 5.11 Å². The second-order valence-corrected chi connectivity index (χ2v) is 5.23. The number of hydrogen-bond acceptors (Lipinski definition) is 3. The molecule has 1 aliphatic rings. The van der Waals surface area contributed by atoms with Crippen molar-refractivity contribution >= 4 is 0 Å². The van der Waals surface area contributed by atoms with Crippen molar-refractivity contribution in [2.24, 2.45) is 5.92 Å². The highest BCUT2D eigenvalue weighted by atomic mass is 16.3. The van der Waals surface area contributed by atoms with Crippen LogP contribution in [0, 0.1) is 5.92 Å². The lowest BCUT2D eigenvalue weighted by molar-refractivity contribution is 0.142. The van der Waals surface area contributed by atoms with Gasteiger partial charge in [0.25, 0.3) is 0 Å². The quantitative estimate of drug-likeness (QED) is 0.682. The average molecular weight is 242 g/mol. The Morgan fingerprint density at radius 3 is 2.59 bits per heavy atom. The van der Waals surface area contributed by atoms with Crippen molar-refractivity contribution in [1.82, 2.24) is 10.2 Å². The van der Waals surface area contributed by atoms with Crippen molar-refractivity contribution in [3.8, 4) is 0 Å². The molecule has 0 amide bonds. The number of nitrogens with zero attached hydrogens (tertiary/aromatic N) is 1. The molecule has 2 N–H and O–H groups in total. The van der Waals surface area contributed by atoms with Crippen LogP contribution in [0.25, 0.3) is 0 Å². The maximum Gasteiger partial charge on any atom is 0.0558 e. The number of aliphatic hydroxyl groups is 1. The molecule has 1 fully saturated rings.